The van der Waals surface area contributed by atoms with E-state index in [1.807, 2.05) is 0 Å². The number of primary amides is 1. The van der Waals surface area contributed by atoms with Crippen LogP contribution in [0.25, 0.3) is 11.3 Å². The van der Waals surface area contributed by atoms with Crippen molar-refractivity contribution in [3.8, 4) is 22.8 Å². The van der Waals surface area contributed by atoms with Crippen molar-refractivity contribution < 1.29 is 45.4 Å². The number of nitrogens with zero attached hydrogens (tertiary/aromatic N) is 3. The zero-order valence-corrected chi connectivity index (χ0v) is 26.5. The minimum atomic E-state index is -5.04. The number of pyridine rings is 2. The predicted molar refractivity (Wildman–Crippen MR) is 166 cm³/mol. The Morgan fingerprint density at radius 1 is 1.18 bits per heavy atom. The number of fused-ring (bicyclic) bond motifs is 1. The molecule has 3 heterocycles. The van der Waals surface area contributed by atoms with Crippen LogP contribution >= 0.6 is 11.6 Å². The Bertz CT molecular complexity index is 1860. The Labute approximate surface area is 280 Å². The van der Waals surface area contributed by atoms with Gasteiger partial charge in [-0.05, 0) is 56.9 Å². The number of halogens is 7. The van der Waals surface area contributed by atoms with E-state index in [2.05, 4.69) is 20.3 Å². The minimum Gasteiger partial charge on any atom is -0.489 e. The lowest BCUT2D eigenvalue weighted by atomic mass is 9.82. The highest BCUT2D eigenvalue weighted by Gasteiger charge is 2.48. The Hall–Kier alpha value is -4.60. The SMILES string of the molecule is C[C@]1(C(N)=O)COc2c1cc(C(CNC(=O)c1cc(C=NC3CC3)c(N)c(OC3CC3)c1)C(F)(F)F)nc2-c1ccnc(C(F)(F)F)c1Cl. The van der Waals surface area contributed by atoms with Crippen LogP contribution in [0.1, 0.15) is 71.4 Å². The Morgan fingerprint density at radius 2 is 1.90 bits per heavy atom. The molecule has 1 aliphatic heterocycles. The molecule has 2 fully saturated rings. The fourth-order valence-electron chi connectivity index (χ4n) is 5.24. The summed E-state index contributed by atoms with van der Waals surface area (Å²) in [6.07, 6.45) is -4.50. The van der Waals surface area contributed by atoms with Gasteiger partial charge >= 0.3 is 12.4 Å². The first kappa shape index (κ1) is 34.3. The van der Waals surface area contributed by atoms with Gasteiger partial charge in [-0.1, -0.05) is 11.6 Å². The number of nitrogens with one attached hydrogen (secondary N) is 1. The molecule has 6 rings (SSSR count). The summed E-state index contributed by atoms with van der Waals surface area (Å²) >= 11 is 6.09. The van der Waals surface area contributed by atoms with E-state index in [-0.39, 0.29) is 40.5 Å². The summed E-state index contributed by atoms with van der Waals surface area (Å²) in [4.78, 5) is 37.6. The molecule has 1 unspecified atom stereocenters. The predicted octanol–water partition coefficient (Wildman–Crippen LogP) is 5.73. The van der Waals surface area contributed by atoms with Gasteiger partial charge in [0, 0.05) is 41.2 Å². The highest BCUT2D eigenvalue weighted by atomic mass is 35.5. The largest absolute Gasteiger partial charge is 0.489 e. The van der Waals surface area contributed by atoms with E-state index < -0.39 is 76.3 Å². The molecule has 10 nitrogen and oxygen atoms in total. The van der Waals surface area contributed by atoms with E-state index in [0.717, 1.165) is 44.0 Å². The molecule has 3 aliphatic rings. The number of rotatable bonds is 10. The number of ether oxygens (including phenoxy) is 2. The van der Waals surface area contributed by atoms with Gasteiger partial charge in [0.2, 0.25) is 5.91 Å². The average Bonchev–Trinajstić information content (AvgIpc) is 3.96. The molecule has 2 atom stereocenters. The van der Waals surface area contributed by atoms with E-state index in [0.29, 0.717) is 5.56 Å². The number of hydrogen-bond acceptors (Lipinski definition) is 8. The highest BCUT2D eigenvalue weighted by Crippen LogP contribution is 2.49. The molecule has 49 heavy (non-hydrogen) atoms. The number of nitrogens with two attached hydrogens (primary N) is 2. The first-order valence-corrected chi connectivity index (χ1v) is 15.5. The number of nitrogen functional groups attached to an aromatic ring is 1. The fraction of sp³-hybridized carbons (Fsp3) is 0.406. The molecular formula is C32H29ClF6N6O4. The van der Waals surface area contributed by atoms with Crippen LogP contribution < -0.4 is 26.3 Å². The maximum Gasteiger partial charge on any atom is 0.434 e. The van der Waals surface area contributed by atoms with Crippen LogP contribution in [0.4, 0.5) is 32.0 Å². The van der Waals surface area contributed by atoms with Crippen LogP contribution in [-0.4, -0.2) is 59.5 Å². The van der Waals surface area contributed by atoms with Gasteiger partial charge in [-0.2, -0.15) is 26.3 Å². The zero-order valence-electron chi connectivity index (χ0n) is 25.7. The van der Waals surface area contributed by atoms with Gasteiger partial charge < -0.3 is 26.3 Å². The summed E-state index contributed by atoms with van der Waals surface area (Å²) < 4.78 is 96.7. The third-order valence-electron chi connectivity index (χ3n) is 8.49. The topological polar surface area (TPSA) is 155 Å². The quantitative estimate of drug-likeness (QED) is 0.138. The molecule has 0 spiro atoms. The van der Waals surface area contributed by atoms with Crippen molar-refractivity contribution in [3.05, 3.63) is 63.6 Å². The average molecular weight is 711 g/mol. The molecular weight excluding hydrogens is 682 g/mol. The third kappa shape index (κ3) is 6.96. The van der Waals surface area contributed by atoms with Crippen molar-refractivity contribution in [1.82, 2.24) is 15.3 Å². The second-order valence-electron chi connectivity index (χ2n) is 12.4. The van der Waals surface area contributed by atoms with Crippen molar-refractivity contribution in [1.29, 1.82) is 0 Å². The van der Waals surface area contributed by atoms with Crippen LogP contribution in [0.5, 0.6) is 11.5 Å². The molecule has 17 heteroatoms. The normalized spacial score (nSPS) is 19.8. The van der Waals surface area contributed by atoms with Crippen LogP contribution in [-0.2, 0) is 16.4 Å². The first-order chi connectivity index (χ1) is 23.0. The van der Waals surface area contributed by atoms with E-state index in [4.69, 9.17) is 32.5 Å². The molecule has 2 amide bonds. The van der Waals surface area contributed by atoms with Gasteiger partial charge in [0.05, 0.1) is 28.5 Å². The molecule has 2 aromatic heterocycles. The molecule has 2 saturated carbocycles. The van der Waals surface area contributed by atoms with Crippen LogP contribution in [0.2, 0.25) is 5.02 Å². The molecule has 0 bridgehead atoms. The Kier molecular flexibility index (Phi) is 8.66. The number of carbonyl (C=O) groups is 2. The Morgan fingerprint density at radius 3 is 2.51 bits per heavy atom. The van der Waals surface area contributed by atoms with Gasteiger partial charge in [-0.15, -0.1) is 0 Å². The monoisotopic (exact) mass is 710 g/mol. The second-order valence-corrected chi connectivity index (χ2v) is 12.8. The molecule has 5 N–H and O–H groups in total. The first-order valence-electron chi connectivity index (χ1n) is 15.2. The van der Waals surface area contributed by atoms with Crippen molar-refractivity contribution in [2.45, 2.75) is 68.4 Å². The van der Waals surface area contributed by atoms with Crippen molar-refractivity contribution in [2.24, 2.45) is 10.7 Å². The standard InChI is InChI=1S/C32H29ClF6N6O4/c1-30(29(41)47)13-48-26-19(30)10-21(45-25(26)18-6-7-42-27(23(18)33)32(37,38)39)20(31(34,35)36)12-44-28(46)14-8-15(11-43-16-2-3-16)24(40)22(9-14)49-17-4-5-17/h6-11,16-17,20H,2-5,12-13,40H2,1H3,(H2,41,47)(H,44,46)/t20?,30-/m0/s1. The van der Waals surface area contributed by atoms with Crippen LogP contribution in [0, 0.1) is 0 Å². The van der Waals surface area contributed by atoms with Gasteiger partial charge in [0.1, 0.15) is 35.1 Å². The maximum absolute atomic E-state index is 14.8. The van der Waals surface area contributed by atoms with Gasteiger partial charge in [-0.25, -0.2) is 4.98 Å². The summed E-state index contributed by atoms with van der Waals surface area (Å²) in [5.41, 5.74) is 7.45. The van der Waals surface area contributed by atoms with E-state index >= 15 is 0 Å². The molecule has 1 aromatic carbocycles. The molecule has 3 aromatic rings. The number of aliphatic imine (C=N–C) groups is 1. The number of aromatic nitrogens is 2. The third-order valence-corrected chi connectivity index (χ3v) is 8.88. The van der Waals surface area contributed by atoms with E-state index in [9.17, 15) is 35.9 Å². The van der Waals surface area contributed by atoms with Crippen molar-refractivity contribution >= 4 is 35.3 Å². The van der Waals surface area contributed by atoms with Crippen LogP contribution in [0.15, 0.2) is 35.5 Å². The summed E-state index contributed by atoms with van der Waals surface area (Å²) in [6, 6.07) is 4.85. The number of amides is 2. The van der Waals surface area contributed by atoms with Gasteiger partial charge in [0.15, 0.2) is 5.69 Å². The summed E-state index contributed by atoms with van der Waals surface area (Å²) in [7, 11) is 0. The number of hydrogen-bond donors (Lipinski definition) is 3. The van der Waals surface area contributed by atoms with Crippen molar-refractivity contribution in [2.75, 3.05) is 18.9 Å². The minimum absolute atomic E-state index is 0.0384. The van der Waals surface area contributed by atoms with E-state index in [1.165, 1.54) is 25.3 Å². The number of anilines is 1. The van der Waals surface area contributed by atoms with Crippen LogP contribution in [0.3, 0.4) is 0 Å². The maximum atomic E-state index is 14.8. The molecule has 0 radical (unpaired) electrons. The van der Waals surface area contributed by atoms with E-state index in [1.54, 1.807) is 0 Å². The summed E-state index contributed by atoms with van der Waals surface area (Å²) in [5.74, 6) is -4.43. The summed E-state index contributed by atoms with van der Waals surface area (Å²) in [5, 5.41) is 1.35. The lowest BCUT2D eigenvalue weighted by Crippen LogP contribution is -2.40. The lowest BCUT2D eigenvalue weighted by Gasteiger charge is -2.24. The Balaban J connectivity index is 1.39. The molecule has 260 valence electrons. The molecule has 0 saturated heterocycles. The lowest BCUT2D eigenvalue weighted by molar-refractivity contribution is -0.149. The number of carbonyl (C=O) groups excluding carboxylic acids is 2. The zero-order chi connectivity index (χ0) is 35.5. The van der Waals surface area contributed by atoms with Gasteiger partial charge in [0.25, 0.3) is 5.91 Å². The van der Waals surface area contributed by atoms with Crippen molar-refractivity contribution in [3.63, 3.8) is 0 Å². The van der Waals surface area contributed by atoms with Gasteiger partial charge in [-0.3, -0.25) is 19.6 Å². The highest BCUT2D eigenvalue weighted by molar-refractivity contribution is 6.34. The fourth-order valence-corrected chi connectivity index (χ4v) is 5.54. The second kappa shape index (κ2) is 12.4. The molecule has 2 aliphatic carbocycles. The smallest absolute Gasteiger partial charge is 0.434 e. The number of alkyl halides is 6. The number of benzene rings is 1. The summed E-state index contributed by atoms with van der Waals surface area (Å²) in [6.45, 7) is -0.151.